The Labute approximate surface area is 222 Å². The maximum Gasteiger partial charge on any atom is 0.286 e. The molecule has 5 rings (SSSR count). The Balaban J connectivity index is 1.49. The molecule has 2 atom stereocenters. The molecule has 0 spiro atoms. The van der Waals surface area contributed by atoms with Gasteiger partial charge in [-0.2, -0.15) is 10.1 Å². The lowest BCUT2D eigenvalue weighted by atomic mass is 10.0. The topological polar surface area (TPSA) is 68.9 Å². The summed E-state index contributed by atoms with van der Waals surface area (Å²) >= 11 is 1.42. The number of amidine groups is 1. The normalized spacial score (nSPS) is 21.0. The van der Waals surface area contributed by atoms with Gasteiger partial charge in [-0.15, -0.1) is 0 Å². The van der Waals surface area contributed by atoms with E-state index in [0.29, 0.717) is 11.5 Å². The number of aromatic nitrogens is 2. The number of rotatable bonds is 6. The molecule has 0 N–H and O–H groups in total. The zero-order chi connectivity index (χ0) is 25.9. The molecule has 3 heterocycles. The van der Waals surface area contributed by atoms with Gasteiger partial charge in [-0.05, 0) is 80.9 Å². The number of nitrogens with zero attached hydrogens (tertiary/aromatic N) is 4. The van der Waals surface area contributed by atoms with Crippen LogP contribution < -0.4 is 4.74 Å². The first kappa shape index (κ1) is 25.3. The van der Waals surface area contributed by atoms with Crippen LogP contribution in [0, 0.1) is 6.92 Å². The van der Waals surface area contributed by atoms with E-state index >= 15 is 0 Å². The van der Waals surface area contributed by atoms with Crippen molar-refractivity contribution in [3.63, 3.8) is 0 Å². The van der Waals surface area contributed by atoms with Crippen LogP contribution in [-0.2, 0) is 9.53 Å². The van der Waals surface area contributed by atoms with Crippen molar-refractivity contribution < 1.29 is 14.3 Å². The molecule has 0 saturated carbocycles. The Morgan fingerprint density at radius 3 is 2.59 bits per heavy atom. The van der Waals surface area contributed by atoms with E-state index in [9.17, 15) is 4.79 Å². The van der Waals surface area contributed by atoms with Crippen molar-refractivity contribution in [2.75, 3.05) is 19.7 Å². The third-order valence-electron chi connectivity index (χ3n) is 6.26. The first-order chi connectivity index (χ1) is 17.9. The van der Waals surface area contributed by atoms with Crippen LogP contribution >= 0.6 is 11.8 Å². The number of amides is 1. The number of morpholine rings is 1. The third-order valence-corrected chi connectivity index (χ3v) is 7.30. The Kier molecular flexibility index (Phi) is 7.48. The number of ether oxygens (including phenoxy) is 2. The van der Waals surface area contributed by atoms with Gasteiger partial charge in [-0.25, -0.2) is 4.68 Å². The van der Waals surface area contributed by atoms with Crippen LogP contribution in [0.25, 0.3) is 23.0 Å². The minimum atomic E-state index is -0.218. The third kappa shape index (κ3) is 5.65. The molecule has 1 amide bonds. The summed E-state index contributed by atoms with van der Waals surface area (Å²) in [6.07, 6.45) is 5.03. The summed E-state index contributed by atoms with van der Waals surface area (Å²) in [6.45, 7) is 10.4. The number of carbonyl (C=O) groups is 1. The molecule has 1 fully saturated rings. The molecular weight excluding hydrogens is 484 g/mol. The summed E-state index contributed by atoms with van der Waals surface area (Å²) in [7, 11) is 0. The number of aliphatic imine (C=N–C) groups is 1. The number of hydrogen-bond acceptors (Lipinski definition) is 6. The second kappa shape index (κ2) is 10.9. The van der Waals surface area contributed by atoms with Gasteiger partial charge in [-0.1, -0.05) is 25.1 Å². The first-order valence-electron chi connectivity index (χ1n) is 12.7. The van der Waals surface area contributed by atoms with Gasteiger partial charge in [0, 0.05) is 30.4 Å². The summed E-state index contributed by atoms with van der Waals surface area (Å²) in [5, 5.41) is 5.67. The van der Waals surface area contributed by atoms with Gasteiger partial charge >= 0.3 is 0 Å². The highest BCUT2D eigenvalue weighted by Gasteiger charge is 2.31. The SMILES string of the molecule is CCCOc1ccc(-c2nn(-c3ccccc3)cc2/C=C2\SC(N3CC(C)OC(C)C3)=NC2=O)cc1C. The van der Waals surface area contributed by atoms with E-state index in [4.69, 9.17) is 14.6 Å². The maximum atomic E-state index is 12.9. The van der Waals surface area contributed by atoms with Crippen molar-refractivity contribution in [1.29, 1.82) is 0 Å². The Morgan fingerprint density at radius 2 is 1.89 bits per heavy atom. The highest BCUT2D eigenvalue weighted by Crippen LogP contribution is 2.35. The highest BCUT2D eigenvalue weighted by atomic mass is 32.2. The number of hydrogen-bond donors (Lipinski definition) is 0. The molecule has 192 valence electrons. The van der Waals surface area contributed by atoms with E-state index in [1.807, 2.05) is 80.2 Å². The van der Waals surface area contributed by atoms with Crippen molar-refractivity contribution >= 4 is 28.9 Å². The fraction of sp³-hybridized carbons (Fsp3) is 0.345. The summed E-state index contributed by atoms with van der Waals surface area (Å²) in [6, 6.07) is 16.1. The summed E-state index contributed by atoms with van der Waals surface area (Å²) < 4.78 is 13.6. The number of thioether (sulfide) groups is 1. The van der Waals surface area contributed by atoms with Crippen LogP contribution in [0.2, 0.25) is 0 Å². The molecule has 0 aliphatic carbocycles. The Morgan fingerprint density at radius 1 is 1.14 bits per heavy atom. The van der Waals surface area contributed by atoms with Crippen LogP contribution in [-0.4, -0.2) is 57.7 Å². The predicted molar refractivity (Wildman–Crippen MR) is 149 cm³/mol. The van der Waals surface area contributed by atoms with E-state index in [0.717, 1.165) is 58.5 Å². The van der Waals surface area contributed by atoms with Gasteiger partial charge in [0.25, 0.3) is 5.91 Å². The largest absolute Gasteiger partial charge is 0.493 e. The highest BCUT2D eigenvalue weighted by molar-refractivity contribution is 8.18. The molecule has 8 heteroatoms. The molecule has 2 unspecified atom stereocenters. The van der Waals surface area contributed by atoms with Gasteiger partial charge < -0.3 is 14.4 Å². The van der Waals surface area contributed by atoms with Crippen molar-refractivity contribution in [2.45, 2.75) is 46.3 Å². The van der Waals surface area contributed by atoms with Crippen LogP contribution in [0.1, 0.15) is 38.3 Å². The van der Waals surface area contributed by atoms with E-state index < -0.39 is 0 Å². The average Bonchev–Trinajstić information content (AvgIpc) is 3.47. The van der Waals surface area contributed by atoms with Crippen LogP contribution in [0.5, 0.6) is 5.75 Å². The second-order valence-corrected chi connectivity index (χ2v) is 10.5. The average molecular weight is 517 g/mol. The minimum absolute atomic E-state index is 0.0957. The molecular formula is C29H32N4O3S. The van der Waals surface area contributed by atoms with Crippen LogP contribution in [0.15, 0.2) is 64.6 Å². The molecule has 2 aromatic carbocycles. The van der Waals surface area contributed by atoms with Crippen molar-refractivity contribution in [3.8, 4) is 22.7 Å². The molecule has 1 saturated heterocycles. The lowest BCUT2D eigenvalue weighted by Gasteiger charge is -2.35. The molecule has 3 aromatic rings. The second-order valence-electron chi connectivity index (χ2n) is 9.51. The summed E-state index contributed by atoms with van der Waals surface area (Å²) in [5.74, 6) is 0.659. The Hall–Kier alpha value is -3.36. The van der Waals surface area contributed by atoms with Crippen molar-refractivity contribution in [1.82, 2.24) is 14.7 Å². The van der Waals surface area contributed by atoms with E-state index in [1.165, 1.54) is 11.8 Å². The molecule has 2 aliphatic heterocycles. The molecule has 7 nitrogen and oxygen atoms in total. The quantitative estimate of drug-likeness (QED) is 0.391. The van der Waals surface area contributed by atoms with Gasteiger partial charge in [0.05, 0.1) is 29.4 Å². The van der Waals surface area contributed by atoms with Crippen molar-refractivity contribution in [3.05, 3.63) is 70.8 Å². The fourth-order valence-corrected chi connectivity index (χ4v) is 5.53. The van der Waals surface area contributed by atoms with Gasteiger partial charge in [-0.3, -0.25) is 4.79 Å². The van der Waals surface area contributed by atoms with Gasteiger partial charge in [0.2, 0.25) is 0 Å². The zero-order valence-electron chi connectivity index (χ0n) is 21.7. The monoisotopic (exact) mass is 516 g/mol. The molecule has 37 heavy (non-hydrogen) atoms. The maximum absolute atomic E-state index is 12.9. The number of aryl methyl sites for hydroxylation is 1. The van der Waals surface area contributed by atoms with Gasteiger partial charge in [0.1, 0.15) is 11.4 Å². The zero-order valence-corrected chi connectivity index (χ0v) is 22.5. The lowest BCUT2D eigenvalue weighted by Crippen LogP contribution is -2.47. The van der Waals surface area contributed by atoms with Crippen LogP contribution in [0.3, 0.4) is 0 Å². The van der Waals surface area contributed by atoms with E-state index in [-0.39, 0.29) is 18.1 Å². The lowest BCUT2D eigenvalue weighted by molar-refractivity contribution is -0.113. The molecule has 2 aliphatic rings. The first-order valence-corrected chi connectivity index (χ1v) is 13.5. The van der Waals surface area contributed by atoms with E-state index in [1.54, 1.807) is 0 Å². The number of para-hydroxylation sites is 1. The van der Waals surface area contributed by atoms with Crippen molar-refractivity contribution in [2.24, 2.45) is 4.99 Å². The van der Waals surface area contributed by atoms with Crippen LogP contribution in [0.4, 0.5) is 0 Å². The fourth-order valence-electron chi connectivity index (χ4n) is 4.61. The standard InChI is InChI=1S/C29H32N4O3S/c1-5-13-35-25-12-11-22(14-19(25)2)27-23(18-33(31-27)24-9-7-6-8-10-24)15-26-28(34)30-29(37-26)32-16-20(3)36-21(4)17-32/h6-12,14-15,18,20-21H,5,13,16-17H2,1-4H3/b26-15-. The summed E-state index contributed by atoms with van der Waals surface area (Å²) in [5.41, 5.74) is 4.63. The smallest absolute Gasteiger partial charge is 0.286 e. The van der Waals surface area contributed by atoms with E-state index in [2.05, 4.69) is 22.9 Å². The van der Waals surface area contributed by atoms with Gasteiger partial charge in [0.15, 0.2) is 5.17 Å². The Bertz CT molecular complexity index is 1340. The molecule has 0 radical (unpaired) electrons. The molecule has 1 aromatic heterocycles. The predicted octanol–water partition coefficient (Wildman–Crippen LogP) is 5.72. The molecule has 0 bridgehead atoms. The number of carbonyl (C=O) groups excluding carboxylic acids is 1. The minimum Gasteiger partial charge on any atom is -0.493 e. The number of benzene rings is 2. The summed E-state index contributed by atoms with van der Waals surface area (Å²) in [4.78, 5) is 20.1.